The van der Waals surface area contributed by atoms with Crippen molar-refractivity contribution in [2.24, 2.45) is 11.8 Å². The van der Waals surface area contributed by atoms with Gasteiger partial charge < -0.3 is 29.4 Å². The van der Waals surface area contributed by atoms with E-state index in [1.807, 2.05) is 36.4 Å². The Kier molecular flexibility index (Phi) is 15.0. The summed E-state index contributed by atoms with van der Waals surface area (Å²) in [6, 6.07) is 29.8. The summed E-state index contributed by atoms with van der Waals surface area (Å²) in [6.07, 6.45) is -3.01. The number of imidazole rings is 1. The van der Waals surface area contributed by atoms with E-state index in [4.69, 9.17) is 13.9 Å². The molecule has 0 saturated carbocycles. The van der Waals surface area contributed by atoms with E-state index in [0.717, 1.165) is 32.8 Å². The normalized spacial score (nSPS) is 23.0. The molecule has 8 rings (SSSR count). The van der Waals surface area contributed by atoms with Gasteiger partial charge in [-0.2, -0.15) is 0 Å². The molecule has 0 bridgehead atoms. The number of carbonyl (C=O) groups excluding carboxylic acids is 2. The van der Waals surface area contributed by atoms with Crippen LogP contribution in [-0.2, 0) is 28.5 Å². The minimum absolute atomic E-state index is 0.0835. The fraction of sp³-hybridized carbons (Fsp3) is 0.396. The first-order chi connectivity index (χ1) is 33.0. The molecule has 0 spiro atoms. The Hall–Kier alpha value is -5.65. The molecule has 21 heteroatoms. The molecule has 1 amide bonds. The second-order valence-corrected chi connectivity index (χ2v) is 26.1. The first-order valence-electron chi connectivity index (χ1n) is 22.6. The predicted octanol–water partition coefficient (Wildman–Crippen LogP) is 3.43. The highest BCUT2D eigenvalue weighted by Crippen LogP contribution is 2.42. The van der Waals surface area contributed by atoms with Gasteiger partial charge in [0.2, 0.25) is 0 Å². The number of H-pyrrole nitrogens is 1. The second kappa shape index (κ2) is 20.7. The monoisotopic (exact) mass is 997 g/mol. The van der Waals surface area contributed by atoms with Crippen LogP contribution in [0, 0.1) is 11.8 Å². The maximum atomic E-state index is 14.4. The van der Waals surface area contributed by atoms with Crippen LogP contribution in [0.5, 0.6) is 0 Å². The van der Waals surface area contributed by atoms with Crippen molar-refractivity contribution in [3.8, 4) is 0 Å². The largest absolute Gasteiger partial charge is 0.407 e. The number of rotatable bonds is 17. The van der Waals surface area contributed by atoms with E-state index < -0.39 is 95.5 Å². The first kappa shape index (κ1) is 49.8. The van der Waals surface area contributed by atoms with Crippen LogP contribution < -0.4 is 26.9 Å². The van der Waals surface area contributed by atoms with Crippen LogP contribution in [0.4, 0.5) is 5.82 Å². The molecule has 0 unspecified atom stereocenters. The molecule has 2 saturated heterocycles. The Labute approximate surface area is 403 Å². The highest BCUT2D eigenvalue weighted by molar-refractivity contribution is 8.13. The SMILES string of the molecule is CC(=O)SC[C@H]1[C@@H](O)[C@H](n2ccc(=O)[nH]c2=O)O[C@@H]1CCS(=O)(=O)C[C@H]1[C@@H](O)[C@H](n2cnc3c(NC(=O)c4ccccc4)ncnc32)O[C@@H]1CCO[Si](c1ccccc1)(c1ccccc1)C(C)(C)C. The number of thioether (sulfide) groups is 1. The minimum atomic E-state index is -4.05. The highest BCUT2D eigenvalue weighted by Gasteiger charge is 2.52. The number of benzene rings is 3. The standard InChI is InChI=1S/C48H55N7O11S2Si/c1-30(56)67-26-34-37(66-45(40(34)58)54-23-20-38(57)52-47(54)61)22-25-68(62,63)27-35-36(21-24-64-69(48(2,3)4,32-16-10-6-11-17-32)33-18-12-7-13-19-33)65-46(41(35)59)55-29-51-39-42(49-28-50-43(39)55)53-44(60)31-14-8-5-9-15-31/h5-20,23,28-29,34-37,40-41,45-46,58-59H,21-22,24-27H2,1-4H3,(H,52,57,61)(H,49,50,53,60)/t34-,35-,36-,37-,40-,41-,45-,46-/m1/s1. The molecule has 3 aromatic heterocycles. The molecule has 2 fully saturated rings. The number of anilines is 1. The molecule has 5 heterocycles. The van der Waals surface area contributed by atoms with E-state index in [9.17, 15) is 37.8 Å². The smallest absolute Gasteiger partial charge is 0.330 e. The summed E-state index contributed by atoms with van der Waals surface area (Å²) in [6.45, 7) is 7.98. The van der Waals surface area contributed by atoms with Gasteiger partial charge in [-0.3, -0.25) is 28.5 Å². The number of nitrogens with zero attached hydrogens (tertiary/aromatic N) is 5. The maximum absolute atomic E-state index is 14.4. The van der Waals surface area contributed by atoms with Crippen molar-refractivity contribution in [3.63, 3.8) is 0 Å². The van der Waals surface area contributed by atoms with Crippen molar-refractivity contribution in [2.45, 2.75) is 82.4 Å². The minimum Gasteiger partial charge on any atom is -0.407 e. The predicted molar refractivity (Wildman–Crippen MR) is 262 cm³/mol. The lowest BCUT2D eigenvalue weighted by atomic mass is 9.98. The second-order valence-electron chi connectivity index (χ2n) is 18.3. The summed E-state index contributed by atoms with van der Waals surface area (Å²) >= 11 is 0.940. The van der Waals surface area contributed by atoms with Gasteiger partial charge in [0, 0.05) is 48.9 Å². The van der Waals surface area contributed by atoms with E-state index in [-0.39, 0.29) is 52.3 Å². The average molecular weight is 998 g/mol. The van der Waals surface area contributed by atoms with Gasteiger partial charge in [-0.15, -0.1) is 0 Å². The van der Waals surface area contributed by atoms with Crippen molar-refractivity contribution in [3.05, 3.63) is 142 Å². The van der Waals surface area contributed by atoms with Gasteiger partial charge in [0.05, 0.1) is 30.0 Å². The van der Waals surface area contributed by atoms with Crippen LogP contribution in [0.25, 0.3) is 11.2 Å². The number of amides is 1. The maximum Gasteiger partial charge on any atom is 0.330 e. The van der Waals surface area contributed by atoms with Crippen LogP contribution in [-0.4, -0.2) is 115 Å². The van der Waals surface area contributed by atoms with E-state index in [2.05, 4.69) is 70.3 Å². The summed E-state index contributed by atoms with van der Waals surface area (Å²) in [5.41, 5.74) is -0.618. The van der Waals surface area contributed by atoms with Gasteiger partial charge in [-0.05, 0) is 40.4 Å². The molecule has 69 heavy (non-hydrogen) atoms. The molecular formula is C48H55N7O11S2Si. The fourth-order valence-electron chi connectivity index (χ4n) is 9.52. The Bertz CT molecular complexity index is 2950. The summed E-state index contributed by atoms with van der Waals surface area (Å²) in [7, 11) is -7.10. The number of ether oxygens (including phenoxy) is 2. The number of hydrogen-bond acceptors (Lipinski definition) is 15. The molecule has 364 valence electrons. The molecule has 2 aliphatic rings. The number of fused-ring (bicyclic) bond motifs is 1. The summed E-state index contributed by atoms with van der Waals surface area (Å²) in [5, 5.41) is 28.0. The fourth-order valence-corrected chi connectivity index (χ4v) is 16.7. The first-order valence-corrected chi connectivity index (χ1v) is 27.3. The highest BCUT2D eigenvalue weighted by atomic mass is 32.2. The Morgan fingerprint density at radius 2 is 1.42 bits per heavy atom. The number of aliphatic hydroxyl groups is 2. The van der Waals surface area contributed by atoms with Crippen molar-refractivity contribution in [1.29, 1.82) is 0 Å². The van der Waals surface area contributed by atoms with Crippen LogP contribution >= 0.6 is 11.8 Å². The van der Waals surface area contributed by atoms with Crippen molar-refractivity contribution in [1.82, 2.24) is 29.1 Å². The van der Waals surface area contributed by atoms with E-state index in [1.54, 1.807) is 30.3 Å². The van der Waals surface area contributed by atoms with E-state index >= 15 is 0 Å². The number of nitrogens with one attached hydrogen (secondary N) is 2. The lowest BCUT2D eigenvalue weighted by Gasteiger charge is -2.43. The molecule has 0 radical (unpaired) electrons. The Balaban J connectivity index is 1.08. The zero-order valence-electron chi connectivity index (χ0n) is 38.5. The zero-order valence-corrected chi connectivity index (χ0v) is 41.1. The van der Waals surface area contributed by atoms with E-state index in [0.29, 0.717) is 5.56 Å². The van der Waals surface area contributed by atoms with Gasteiger partial charge in [0.1, 0.15) is 18.5 Å². The third-order valence-electron chi connectivity index (χ3n) is 12.8. The number of aliphatic hydroxyl groups excluding tert-OH is 2. The van der Waals surface area contributed by atoms with E-state index in [1.165, 1.54) is 30.3 Å². The zero-order chi connectivity index (χ0) is 49.1. The molecule has 8 atom stereocenters. The van der Waals surface area contributed by atoms with Crippen LogP contribution in [0.1, 0.15) is 63.4 Å². The lowest BCUT2D eigenvalue weighted by molar-refractivity contribution is -0.109. The summed E-state index contributed by atoms with van der Waals surface area (Å²) < 4.78 is 51.4. The average Bonchev–Trinajstić information content (AvgIpc) is 3.99. The number of hydrogen-bond donors (Lipinski definition) is 4. The van der Waals surface area contributed by atoms with Crippen molar-refractivity contribution in [2.75, 3.05) is 29.2 Å². The van der Waals surface area contributed by atoms with Crippen molar-refractivity contribution < 1.29 is 42.1 Å². The Morgan fingerprint density at radius 3 is 2.03 bits per heavy atom. The quantitative estimate of drug-likeness (QED) is 0.0957. The van der Waals surface area contributed by atoms with Gasteiger partial charge in [-0.1, -0.05) is 111 Å². The molecule has 4 N–H and O–H groups in total. The molecular weight excluding hydrogens is 943 g/mol. The summed E-state index contributed by atoms with van der Waals surface area (Å²) in [4.78, 5) is 65.1. The molecule has 6 aromatic rings. The number of sulfone groups is 1. The molecule has 18 nitrogen and oxygen atoms in total. The van der Waals surface area contributed by atoms with Gasteiger partial charge >= 0.3 is 5.69 Å². The van der Waals surface area contributed by atoms with Gasteiger partial charge in [0.15, 0.2) is 44.4 Å². The number of aromatic nitrogens is 6. The lowest BCUT2D eigenvalue weighted by Crippen LogP contribution is -2.66. The van der Waals surface area contributed by atoms with Crippen LogP contribution in [0.15, 0.2) is 126 Å². The van der Waals surface area contributed by atoms with Crippen LogP contribution in [0.2, 0.25) is 5.04 Å². The third kappa shape index (κ3) is 10.6. The molecule has 3 aromatic carbocycles. The van der Waals surface area contributed by atoms with Gasteiger partial charge in [-0.25, -0.2) is 28.2 Å². The molecule has 2 aliphatic heterocycles. The van der Waals surface area contributed by atoms with Crippen LogP contribution in [0.3, 0.4) is 0 Å². The van der Waals surface area contributed by atoms with Gasteiger partial charge in [0.25, 0.3) is 19.8 Å². The topological polar surface area (TPSA) is 247 Å². The van der Waals surface area contributed by atoms with Crippen molar-refractivity contribution >= 4 is 68.3 Å². The Morgan fingerprint density at radius 1 is 0.826 bits per heavy atom. The molecule has 0 aliphatic carbocycles. The third-order valence-corrected chi connectivity index (χ3v) is 20.6. The number of carbonyl (C=O) groups is 2. The number of aromatic amines is 1. The summed E-state index contributed by atoms with van der Waals surface area (Å²) in [5.74, 6) is -2.92.